The van der Waals surface area contributed by atoms with Crippen molar-refractivity contribution in [2.24, 2.45) is 10.7 Å². The molecule has 126 valence electrons. The minimum absolute atomic E-state index is 0.312. The average Bonchev–Trinajstić information content (AvgIpc) is 2.61. The summed E-state index contributed by atoms with van der Waals surface area (Å²) in [4.78, 5) is 12.6. The third-order valence-electron chi connectivity index (χ3n) is 3.95. The second-order valence-electron chi connectivity index (χ2n) is 5.52. The molecule has 1 aromatic heterocycles. The van der Waals surface area contributed by atoms with Crippen molar-refractivity contribution < 1.29 is 9.13 Å². The number of anilines is 1. The maximum absolute atomic E-state index is 14.3. The quantitative estimate of drug-likeness (QED) is 0.652. The summed E-state index contributed by atoms with van der Waals surface area (Å²) in [7, 11) is 0. The zero-order chi connectivity index (χ0) is 16.1. The zero-order valence-electron chi connectivity index (χ0n) is 13.1. The highest BCUT2D eigenvalue weighted by molar-refractivity contribution is 7.99. The predicted octanol–water partition coefficient (Wildman–Crippen LogP) is 0.921. The Morgan fingerprint density at radius 2 is 2.04 bits per heavy atom. The smallest absolute Gasteiger partial charge is 0.191 e. The molecule has 2 saturated heterocycles. The lowest BCUT2D eigenvalue weighted by Gasteiger charge is -2.28. The molecule has 1 aromatic rings. The number of nitrogens with zero attached hydrogens (tertiary/aromatic N) is 4. The molecule has 0 bridgehead atoms. The van der Waals surface area contributed by atoms with Crippen LogP contribution in [0.1, 0.15) is 5.56 Å². The van der Waals surface area contributed by atoms with Crippen LogP contribution in [0, 0.1) is 5.82 Å². The average molecular weight is 339 g/mol. The van der Waals surface area contributed by atoms with Crippen LogP contribution in [0.5, 0.6) is 0 Å². The number of halogens is 1. The van der Waals surface area contributed by atoms with Crippen LogP contribution in [0.15, 0.2) is 17.3 Å². The molecule has 23 heavy (non-hydrogen) atoms. The fourth-order valence-electron chi connectivity index (χ4n) is 2.63. The van der Waals surface area contributed by atoms with Gasteiger partial charge in [-0.1, -0.05) is 0 Å². The van der Waals surface area contributed by atoms with Crippen LogP contribution in [0.3, 0.4) is 0 Å². The molecule has 2 aliphatic rings. The largest absolute Gasteiger partial charge is 0.378 e. The minimum atomic E-state index is -0.312. The van der Waals surface area contributed by atoms with Gasteiger partial charge in [0.15, 0.2) is 17.6 Å². The Kier molecular flexibility index (Phi) is 5.56. The molecule has 2 fully saturated rings. The SMILES string of the molecule is NC(=NCc1cnc(N2CCOCC2)c(F)c1)N1CCSCC1. The van der Waals surface area contributed by atoms with Gasteiger partial charge in [0, 0.05) is 43.9 Å². The van der Waals surface area contributed by atoms with E-state index in [0.717, 1.165) is 30.2 Å². The van der Waals surface area contributed by atoms with E-state index in [2.05, 4.69) is 14.9 Å². The summed E-state index contributed by atoms with van der Waals surface area (Å²) in [6.45, 7) is 4.74. The van der Waals surface area contributed by atoms with Gasteiger partial charge in [-0.05, 0) is 11.6 Å². The molecular formula is C15H22FN5OS. The summed E-state index contributed by atoms with van der Waals surface area (Å²) in [5, 5.41) is 0. The number of pyridine rings is 1. The molecule has 8 heteroatoms. The highest BCUT2D eigenvalue weighted by Gasteiger charge is 2.17. The van der Waals surface area contributed by atoms with Gasteiger partial charge in [-0.3, -0.25) is 0 Å². The van der Waals surface area contributed by atoms with E-state index in [1.807, 2.05) is 16.7 Å². The number of morpholine rings is 1. The molecule has 6 nitrogen and oxygen atoms in total. The normalized spacial score (nSPS) is 20.0. The first-order valence-corrected chi connectivity index (χ1v) is 8.99. The summed E-state index contributed by atoms with van der Waals surface area (Å²) in [5.41, 5.74) is 6.74. The number of thioether (sulfide) groups is 1. The number of guanidine groups is 1. The van der Waals surface area contributed by atoms with E-state index < -0.39 is 0 Å². The number of nitrogens with two attached hydrogens (primary N) is 1. The van der Waals surface area contributed by atoms with Gasteiger partial charge in [-0.2, -0.15) is 11.8 Å². The van der Waals surface area contributed by atoms with Crippen molar-refractivity contribution in [3.8, 4) is 0 Å². The number of hydrogen-bond donors (Lipinski definition) is 1. The first-order valence-electron chi connectivity index (χ1n) is 7.84. The molecule has 0 spiro atoms. The van der Waals surface area contributed by atoms with E-state index in [1.165, 1.54) is 6.07 Å². The number of aliphatic imine (C=N–C) groups is 1. The number of aromatic nitrogens is 1. The van der Waals surface area contributed by atoms with Crippen molar-refractivity contribution in [2.75, 3.05) is 55.8 Å². The first-order chi connectivity index (χ1) is 11.2. The summed E-state index contributed by atoms with van der Waals surface area (Å²) in [5.74, 6) is 2.75. The predicted molar refractivity (Wildman–Crippen MR) is 91.5 cm³/mol. The molecule has 0 amide bonds. The van der Waals surface area contributed by atoms with Gasteiger partial charge in [-0.25, -0.2) is 14.4 Å². The van der Waals surface area contributed by atoms with Gasteiger partial charge >= 0.3 is 0 Å². The van der Waals surface area contributed by atoms with Crippen LogP contribution < -0.4 is 10.6 Å². The number of hydrogen-bond acceptors (Lipinski definition) is 5. The topological polar surface area (TPSA) is 67.0 Å². The van der Waals surface area contributed by atoms with Gasteiger partial charge < -0.3 is 20.3 Å². The van der Waals surface area contributed by atoms with Crippen molar-refractivity contribution in [3.63, 3.8) is 0 Å². The van der Waals surface area contributed by atoms with Crippen LogP contribution in [-0.2, 0) is 11.3 Å². The molecule has 0 saturated carbocycles. The Balaban J connectivity index is 1.63. The molecule has 2 N–H and O–H groups in total. The lowest BCUT2D eigenvalue weighted by atomic mass is 10.2. The molecule has 2 aliphatic heterocycles. The highest BCUT2D eigenvalue weighted by atomic mass is 32.2. The lowest BCUT2D eigenvalue weighted by molar-refractivity contribution is 0.122. The first kappa shape index (κ1) is 16.3. The maximum Gasteiger partial charge on any atom is 0.191 e. The molecular weight excluding hydrogens is 317 g/mol. The molecule has 3 rings (SSSR count). The third kappa shape index (κ3) is 4.26. The molecule has 0 radical (unpaired) electrons. The van der Waals surface area contributed by atoms with E-state index in [1.54, 1.807) is 6.20 Å². The highest BCUT2D eigenvalue weighted by Crippen LogP contribution is 2.19. The van der Waals surface area contributed by atoms with Crippen LogP contribution in [0.2, 0.25) is 0 Å². The second kappa shape index (κ2) is 7.83. The van der Waals surface area contributed by atoms with E-state index in [9.17, 15) is 4.39 Å². The van der Waals surface area contributed by atoms with Gasteiger partial charge in [0.1, 0.15) is 0 Å². The standard InChI is InChI=1S/C15H22FN5OS/c16-13-9-12(10-18-14(13)20-1-5-22-6-2-20)11-19-15(17)21-3-7-23-8-4-21/h9-10H,1-8,11H2,(H2,17,19). The Morgan fingerprint density at radius 3 is 2.74 bits per heavy atom. The zero-order valence-corrected chi connectivity index (χ0v) is 13.9. The van der Waals surface area contributed by atoms with Crippen LogP contribution in [-0.4, -0.2) is 66.7 Å². The molecule has 0 unspecified atom stereocenters. The van der Waals surface area contributed by atoms with Gasteiger partial charge in [-0.15, -0.1) is 0 Å². The van der Waals surface area contributed by atoms with Gasteiger partial charge in [0.2, 0.25) is 0 Å². The number of rotatable bonds is 3. The monoisotopic (exact) mass is 339 g/mol. The Labute approximate surface area is 139 Å². The van der Waals surface area contributed by atoms with Crippen LogP contribution in [0.25, 0.3) is 0 Å². The van der Waals surface area contributed by atoms with Crippen molar-refractivity contribution in [2.45, 2.75) is 6.54 Å². The Hall–Kier alpha value is -1.54. The molecule has 0 atom stereocenters. The summed E-state index contributed by atoms with van der Waals surface area (Å²) in [6, 6.07) is 1.50. The van der Waals surface area contributed by atoms with Crippen molar-refractivity contribution >= 4 is 23.5 Å². The fourth-order valence-corrected chi connectivity index (χ4v) is 3.53. The van der Waals surface area contributed by atoms with E-state index in [4.69, 9.17) is 10.5 Å². The molecule has 0 aliphatic carbocycles. The third-order valence-corrected chi connectivity index (χ3v) is 4.89. The molecule has 3 heterocycles. The second-order valence-corrected chi connectivity index (χ2v) is 6.75. The van der Waals surface area contributed by atoms with Gasteiger partial charge in [0.05, 0.1) is 19.8 Å². The van der Waals surface area contributed by atoms with E-state index in [0.29, 0.717) is 44.6 Å². The Bertz CT molecular complexity index is 559. The van der Waals surface area contributed by atoms with E-state index in [-0.39, 0.29) is 5.82 Å². The van der Waals surface area contributed by atoms with Gasteiger partial charge in [0.25, 0.3) is 0 Å². The van der Waals surface area contributed by atoms with Crippen LogP contribution >= 0.6 is 11.8 Å². The van der Waals surface area contributed by atoms with Crippen LogP contribution in [0.4, 0.5) is 10.2 Å². The van der Waals surface area contributed by atoms with Crippen molar-refractivity contribution in [1.29, 1.82) is 0 Å². The number of ether oxygens (including phenoxy) is 1. The van der Waals surface area contributed by atoms with Crippen molar-refractivity contribution in [1.82, 2.24) is 9.88 Å². The van der Waals surface area contributed by atoms with Crippen molar-refractivity contribution in [3.05, 3.63) is 23.6 Å². The molecule has 0 aromatic carbocycles. The summed E-state index contributed by atoms with van der Waals surface area (Å²) < 4.78 is 19.6. The summed E-state index contributed by atoms with van der Waals surface area (Å²) in [6.07, 6.45) is 1.68. The Morgan fingerprint density at radius 1 is 1.30 bits per heavy atom. The lowest BCUT2D eigenvalue weighted by Crippen LogP contribution is -2.42. The minimum Gasteiger partial charge on any atom is -0.378 e. The maximum atomic E-state index is 14.3. The fraction of sp³-hybridized carbons (Fsp3) is 0.600. The summed E-state index contributed by atoms with van der Waals surface area (Å²) >= 11 is 1.92. The van der Waals surface area contributed by atoms with E-state index >= 15 is 0 Å².